The van der Waals surface area contributed by atoms with E-state index < -0.39 is 11.7 Å². The molecule has 1 aliphatic rings. The minimum absolute atomic E-state index is 0.190. The van der Waals surface area contributed by atoms with Gasteiger partial charge in [0.25, 0.3) is 0 Å². The number of hydrogen-bond acceptors (Lipinski definition) is 1. The van der Waals surface area contributed by atoms with Crippen LogP contribution in [0.5, 0.6) is 0 Å². The smallest absolute Gasteiger partial charge is 0.381 e. The Hall–Kier alpha value is -0.900. The highest BCUT2D eigenvalue weighted by Gasteiger charge is 2.31. The topological polar surface area (TPSA) is 12.0 Å². The number of anilines is 1. The molecule has 20 heavy (non-hydrogen) atoms. The number of benzene rings is 1. The van der Waals surface area contributed by atoms with E-state index in [0.717, 1.165) is 25.0 Å². The summed E-state index contributed by atoms with van der Waals surface area (Å²) in [6.07, 6.45) is -1.23. The van der Waals surface area contributed by atoms with Crippen LogP contribution in [0.1, 0.15) is 38.7 Å². The summed E-state index contributed by atoms with van der Waals surface area (Å²) in [4.78, 5) is 0. The van der Waals surface area contributed by atoms with Gasteiger partial charge >= 0.3 is 6.18 Å². The van der Waals surface area contributed by atoms with Crippen LogP contribution < -0.4 is 5.32 Å². The van der Waals surface area contributed by atoms with Crippen LogP contribution >= 0.6 is 11.6 Å². The average Bonchev–Trinajstić information content (AvgIpc) is 2.29. The van der Waals surface area contributed by atoms with E-state index in [9.17, 15) is 13.2 Å². The van der Waals surface area contributed by atoms with Crippen LogP contribution in [0.3, 0.4) is 0 Å². The zero-order chi connectivity index (χ0) is 14.9. The summed E-state index contributed by atoms with van der Waals surface area (Å²) >= 11 is 6.01. The highest BCUT2D eigenvalue weighted by Crippen LogP contribution is 2.36. The van der Waals surface area contributed by atoms with E-state index in [1.807, 2.05) is 0 Å². The first-order chi connectivity index (χ1) is 9.25. The van der Waals surface area contributed by atoms with Gasteiger partial charge in [0.15, 0.2) is 0 Å². The normalized spacial score (nSPS) is 27.4. The molecule has 1 nitrogen and oxygen atoms in total. The second-order valence-electron chi connectivity index (χ2n) is 5.95. The van der Waals surface area contributed by atoms with Crippen molar-refractivity contribution in [3.63, 3.8) is 0 Å². The molecule has 0 bridgehead atoms. The fourth-order valence-electron chi connectivity index (χ4n) is 3.10. The highest BCUT2D eigenvalue weighted by molar-refractivity contribution is 6.33. The van der Waals surface area contributed by atoms with E-state index >= 15 is 0 Å². The molecule has 1 aromatic carbocycles. The first-order valence-corrected chi connectivity index (χ1v) is 7.26. The predicted octanol–water partition coefficient (Wildman–Crippen LogP) is 5.60. The SMILES string of the molecule is CC1CC(C)CC(Nc2cc(C(F)(F)F)ccc2Cl)C1. The molecule has 1 saturated carbocycles. The molecule has 0 spiro atoms. The van der Waals surface area contributed by atoms with E-state index in [1.54, 1.807) is 0 Å². The molecule has 1 aliphatic carbocycles. The van der Waals surface area contributed by atoms with Gasteiger partial charge in [-0.1, -0.05) is 25.4 Å². The number of rotatable bonds is 2. The number of hydrogen-bond donors (Lipinski definition) is 1. The molecule has 5 heteroatoms. The Kier molecular flexibility index (Phi) is 4.52. The second-order valence-corrected chi connectivity index (χ2v) is 6.36. The van der Waals surface area contributed by atoms with E-state index in [-0.39, 0.29) is 6.04 Å². The summed E-state index contributed by atoms with van der Waals surface area (Å²) in [5, 5.41) is 3.53. The van der Waals surface area contributed by atoms with Crippen LogP contribution in [0.25, 0.3) is 0 Å². The third-order valence-corrected chi connectivity index (χ3v) is 4.16. The summed E-state index contributed by atoms with van der Waals surface area (Å²) in [6, 6.07) is 3.61. The Bertz CT molecular complexity index is 463. The molecular weight excluding hydrogens is 287 g/mol. The molecular formula is C15H19ClF3N. The van der Waals surface area contributed by atoms with Gasteiger partial charge in [-0.25, -0.2) is 0 Å². The maximum absolute atomic E-state index is 12.7. The Morgan fingerprint density at radius 3 is 2.25 bits per heavy atom. The molecule has 2 rings (SSSR count). The molecule has 0 aliphatic heterocycles. The van der Waals surface area contributed by atoms with Crippen molar-refractivity contribution in [1.29, 1.82) is 0 Å². The first-order valence-electron chi connectivity index (χ1n) is 6.89. The van der Waals surface area contributed by atoms with E-state index in [4.69, 9.17) is 11.6 Å². The minimum atomic E-state index is -4.34. The molecule has 0 aromatic heterocycles. The van der Waals surface area contributed by atoms with Crippen LogP contribution in [-0.2, 0) is 6.18 Å². The number of nitrogens with one attached hydrogen (secondary N) is 1. The lowest BCUT2D eigenvalue weighted by atomic mass is 9.80. The lowest BCUT2D eigenvalue weighted by Gasteiger charge is -2.33. The van der Waals surface area contributed by atoms with Gasteiger partial charge in [0.2, 0.25) is 0 Å². The van der Waals surface area contributed by atoms with Gasteiger partial charge in [0.05, 0.1) is 16.3 Å². The largest absolute Gasteiger partial charge is 0.416 e. The first kappa shape index (κ1) is 15.5. The van der Waals surface area contributed by atoms with Crippen molar-refractivity contribution in [2.24, 2.45) is 11.8 Å². The lowest BCUT2D eigenvalue weighted by molar-refractivity contribution is -0.137. The van der Waals surface area contributed by atoms with Crippen molar-refractivity contribution in [2.45, 2.75) is 45.3 Å². The van der Waals surface area contributed by atoms with Crippen molar-refractivity contribution < 1.29 is 13.2 Å². The van der Waals surface area contributed by atoms with Gasteiger partial charge in [0, 0.05) is 6.04 Å². The van der Waals surface area contributed by atoms with Crippen LogP contribution in [0.4, 0.5) is 18.9 Å². The summed E-state index contributed by atoms with van der Waals surface area (Å²) in [5.41, 5.74) is -0.283. The second kappa shape index (κ2) is 5.84. The van der Waals surface area contributed by atoms with Gasteiger partial charge in [-0.15, -0.1) is 0 Å². The van der Waals surface area contributed by atoms with Gasteiger partial charge in [-0.3, -0.25) is 0 Å². The Balaban J connectivity index is 2.16. The van der Waals surface area contributed by atoms with E-state index in [1.165, 1.54) is 12.5 Å². The number of alkyl halides is 3. The third-order valence-electron chi connectivity index (χ3n) is 3.83. The molecule has 0 saturated heterocycles. The predicted molar refractivity (Wildman–Crippen MR) is 76.0 cm³/mol. The van der Waals surface area contributed by atoms with Gasteiger partial charge < -0.3 is 5.32 Å². The fourth-order valence-corrected chi connectivity index (χ4v) is 3.27. The van der Waals surface area contributed by atoms with Crippen molar-refractivity contribution in [1.82, 2.24) is 0 Å². The summed E-state index contributed by atoms with van der Waals surface area (Å²) < 4.78 is 38.2. The molecule has 1 fully saturated rings. The van der Waals surface area contributed by atoms with Gasteiger partial charge in [-0.05, 0) is 49.3 Å². The Morgan fingerprint density at radius 2 is 1.70 bits per heavy atom. The molecule has 112 valence electrons. The zero-order valence-corrected chi connectivity index (χ0v) is 12.4. The third kappa shape index (κ3) is 3.81. The molecule has 0 amide bonds. The van der Waals surface area contributed by atoms with Crippen molar-refractivity contribution in [3.05, 3.63) is 28.8 Å². The zero-order valence-electron chi connectivity index (χ0n) is 11.6. The molecule has 1 aromatic rings. The molecule has 2 atom stereocenters. The van der Waals surface area contributed by atoms with Gasteiger partial charge in [-0.2, -0.15) is 13.2 Å². The van der Waals surface area contributed by atoms with Crippen LogP contribution in [0.2, 0.25) is 5.02 Å². The Morgan fingerprint density at radius 1 is 1.10 bits per heavy atom. The van der Waals surface area contributed by atoms with Crippen molar-refractivity contribution in [2.75, 3.05) is 5.32 Å². The maximum Gasteiger partial charge on any atom is 0.416 e. The van der Waals surface area contributed by atoms with Crippen molar-refractivity contribution in [3.8, 4) is 0 Å². The van der Waals surface area contributed by atoms with Gasteiger partial charge in [0.1, 0.15) is 0 Å². The summed E-state index contributed by atoms with van der Waals surface area (Å²) in [6.45, 7) is 4.36. The highest BCUT2D eigenvalue weighted by atomic mass is 35.5. The fraction of sp³-hybridized carbons (Fsp3) is 0.600. The van der Waals surface area contributed by atoms with E-state index in [2.05, 4.69) is 19.2 Å². The summed E-state index contributed by atoms with van der Waals surface area (Å²) in [7, 11) is 0. The number of halogens is 4. The Labute approximate surface area is 122 Å². The van der Waals surface area contributed by atoms with Crippen molar-refractivity contribution >= 4 is 17.3 Å². The average molecular weight is 306 g/mol. The van der Waals surface area contributed by atoms with Crippen LogP contribution in [0.15, 0.2) is 18.2 Å². The maximum atomic E-state index is 12.7. The molecule has 2 unspecified atom stereocenters. The molecule has 1 N–H and O–H groups in total. The summed E-state index contributed by atoms with van der Waals surface area (Å²) in [5.74, 6) is 1.17. The lowest BCUT2D eigenvalue weighted by Crippen LogP contribution is -2.30. The van der Waals surface area contributed by atoms with Crippen LogP contribution in [0, 0.1) is 11.8 Å². The standard InChI is InChI=1S/C15H19ClF3N/c1-9-5-10(2)7-12(6-9)20-14-8-11(15(17,18)19)3-4-13(14)16/h3-4,8-10,12,20H,5-7H2,1-2H3. The molecule has 0 heterocycles. The quantitative estimate of drug-likeness (QED) is 0.750. The molecule has 0 radical (unpaired) electrons. The monoisotopic (exact) mass is 305 g/mol. The van der Waals surface area contributed by atoms with Crippen LogP contribution in [-0.4, -0.2) is 6.04 Å². The van der Waals surface area contributed by atoms with E-state index in [0.29, 0.717) is 22.5 Å². The minimum Gasteiger partial charge on any atom is -0.381 e.